The molecule has 0 atom stereocenters. The minimum Gasteiger partial charge on any atom is -0.450 e. The molecule has 3 amide bonds. The van der Waals surface area contributed by atoms with Gasteiger partial charge in [0.05, 0.1) is 31.2 Å². The molecule has 9 heteroatoms. The smallest absolute Gasteiger partial charge is 0.409 e. The SMILES string of the molecule is CCOC(=O)N1CCN(C(=O)C(=O)Nc2ccccc2N2CCOCC2)CC1. The third-order valence-electron chi connectivity index (χ3n) is 4.79. The predicted octanol–water partition coefficient (Wildman–Crippen LogP) is 0.762. The summed E-state index contributed by atoms with van der Waals surface area (Å²) in [6.45, 7) is 6.09. The van der Waals surface area contributed by atoms with Crippen molar-refractivity contribution in [2.75, 3.05) is 69.3 Å². The summed E-state index contributed by atoms with van der Waals surface area (Å²) in [4.78, 5) is 41.9. The quantitative estimate of drug-likeness (QED) is 0.767. The van der Waals surface area contributed by atoms with E-state index >= 15 is 0 Å². The van der Waals surface area contributed by atoms with Gasteiger partial charge in [-0.2, -0.15) is 0 Å². The third kappa shape index (κ3) is 4.72. The van der Waals surface area contributed by atoms with Crippen LogP contribution in [0.1, 0.15) is 6.92 Å². The topological polar surface area (TPSA) is 91.4 Å². The Labute approximate surface area is 164 Å². The van der Waals surface area contributed by atoms with E-state index in [1.165, 1.54) is 4.90 Å². The minimum absolute atomic E-state index is 0.302. The number of para-hydroxylation sites is 2. The lowest BCUT2D eigenvalue weighted by Crippen LogP contribution is -2.53. The molecule has 1 aromatic carbocycles. The summed E-state index contributed by atoms with van der Waals surface area (Å²) in [5, 5.41) is 2.74. The Hall–Kier alpha value is -2.81. The number of nitrogens with zero attached hydrogens (tertiary/aromatic N) is 3. The van der Waals surface area contributed by atoms with Crippen LogP contribution in [-0.2, 0) is 19.1 Å². The number of rotatable bonds is 3. The second-order valence-corrected chi connectivity index (χ2v) is 6.55. The fraction of sp³-hybridized carbons (Fsp3) is 0.526. The highest BCUT2D eigenvalue weighted by Gasteiger charge is 2.29. The van der Waals surface area contributed by atoms with Crippen molar-refractivity contribution < 1.29 is 23.9 Å². The lowest BCUT2D eigenvalue weighted by atomic mass is 10.2. The van der Waals surface area contributed by atoms with Gasteiger partial charge in [0.25, 0.3) is 0 Å². The molecule has 0 aliphatic carbocycles. The molecule has 1 aromatic rings. The maximum absolute atomic E-state index is 12.5. The van der Waals surface area contributed by atoms with Crippen LogP contribution in [0.2, 0.25) is 0 Å². The van der Waals surface area contributed by atoms with Crippen LogP contribution in [0.25, 0.3) is 0 Å². The highest BCUT2D eigenvalue weighted by atomic mass is 16.6. The van der Waals surface area contributed by atoms with Crippen molar-refractivity contribution in [3.05, 3.63) is 24.3 Å². The van der Waals surface area contributed by atoms with Gasteiger partial charge in [-0.1, -0.05) is 12.1 Å². The summed E-state index contributed by atoms with van der Waals surface area (Å²) in [5.74, 6) is -1.27. The van der Waals surface area contributed by atoms with Crippen molar-refractivity contribution in [1.82, 2.24) is 9.80 Å². The number of hydrogen-bond acceptors (Lipinski definition) is 6. The third-order valence-corrected chi connectivity index (χ3v) is 4.79. The molecule has 0 radical (unpaired) electrons. The van der Waals surface area contributed by atoms with Crippen LogP contribution in [0.15, 0.2) is 24.3 Å². The second-order valence-electron chi connectivity index (χ2n) is 6.55. The first-order valence-electron chi connectivity index (χ1n) is 9.54. The first kappa shape index (κ1) is 19.9. The molecule has 2 aliphatic rings. The number of hydrogen-bond donors (Lipinski definition) is 1. The number of nitrogens with one attached hydrogen (secondary N) is 1. The van der Waals surface area contributed by atoms with Gasteiger partial charge < -0.3 is 29.5 Å². The average Bonchev–Trinajstić information content (AvgIpc) is 2.74. The van der Waals surface area contributed by atoms with Gasteiger partial charge in [-0.25, -0.2) is 4.79 Å². The van der Waals surface area contributed by atoms with Gasteiger partial charge in [0, 0.05) is 39.3 Å². The van der Waals surface area contributed by atoms with E-state index in [2.05, 4.69) is 10.2 Å². The van der Waals surface area contributed by atoms with E-state index in [0.717, 1.165) is 18.8 Å². The van der Waals surface area contributed by atoms with E-state index in [1.807, 2.05) is 18.2 Å². The van der Waals surface area contributed by atoms with Crippen LogP contribution < -0.4 is 10.2 Å². The number of carbonyl (C=O) groups excluding carboxylic acids is 3. The molecule has 2 fully saturated rings. The predicted molar refractivity (Wildman–Crippen MR) is 103 cm³/mol. The lowest BCUT2D eigenvalue weighted by molar-refractivity contribution is -0.144. The minimum atomic E-state index is -0.676. The molecule has 0 bridgehead atoms. The zero-order valence-corrected chi connectivity index (χ0v) is 16.1. The summed E-state index contributed by atoms with van der Waals surface area (Å²) in [6.07, 6.45) is -0.390. The Morgan fingerprint density at radius 2 is 1.64 bits per heavy atom. The average molecular weight is 390 g/mol. The van der Waals surface area contributed by atoms with Gasteiger partial charge in [-0.05, 0) is 19.1 Å². The summed E-state index contributed by atoms with van der Waals surface area (Å²) < 4.78 is 10.3. The molecule has 3 rings (SSSR count). The molecule has 2 aliphatic heterocycles. The first-order chi connectivity index (χ1) is 13.6. The number of carbonyl (C=O) groups is 3. The van der Waals surface area contributed by atoms with Crippen LogP contribution in [0, 0.1) is 0 Å². The van der Waals surface area contributed by atoms with E-state index in [-0.39, 0.29) is 0 Å². The zero-order chi connectivity index (χ0) is 19.9. The molecule has 2 saturated heterocycles. The van der Waals surface area contributed by atoms with Crippen LogP contribution in [-0.4, -0.2) is 86.8 Å². The van der Waals surface area contributed by atoms with Crippen molar-refractivity contribution in [3.8, 4) is 0 Å². The molecule has 28 heavy (non-hydrogen) atoms. The van der Waals surface area contributed by atoms with Crippen molar-refractivity contribution in [1.29, 1.82) is 0 Å². The Kier molecular flexibility index (Phi) is 6.70. The zero-order valence-electron chi connectivity index (χ0n) is 16.1. The Balaban J connectivity index is 1.58. The summed E-state index contributed by atoms with van der Waals surface area (Å²) in [6, 6.07) is 7.43. The van der Waals surface area contributed by atoms with Crippen LogP contribution in [0.3, 0.4) is 0 Å². The molecule has 0 spiro atoms. The standard InChI is InChI=1S/C19H26N4O5/c1-2-28-19(26)23-9-7-22(8-10-23)18(25)17(24)20-15-5-3-4-6-16(15)21-11-13-27-14-12-21/h3-6H,2,7-14H2,1H3,(H,20,24). The number of benzene rings is 1. The van der Waals surface area contributed by atoms with E-state index in [1.54, 1.807) is 17.9 Å². The number of anilines is 2. The van der Waals surface area contributed by atoms with Crippen LogP contribution in [0.5, 0.6) is 0 Å². The summed E-state index contributed by atoms with van der Waals surface area (Å²) in [7, 11) is 0. The van der Waals surface area contributed by atoms with Crippen molar-refractivity contribution in [3.63, 3.8) is 0 Å². The van der Waals surface area contributed by atoms with Crippen molar-refractivity contribution in [2.45, 2.75) is 6.92 Å². The highest BCUT2D eigenvalue weighted by Crippen LogP contribution is 2.26. The molecule has 1 N–H and O–H groups in total. The molecular formula is C19H26N4O5. The van der Waals surface area contributed by atoms with Gasteiger partial charge in [0.15, 0.2) is 0 Å². The lowest BCUT2D eigenvalue weighted by Gasteiger charge is -2.34. The number of morpholine rings is 1. The van der Waals surface area contributed by atoms with E-state index in [0.29, 0.717) is 51.7 Å². The largest absolute Gasteiger partial charge is 0.450 e. The van der Waals surface area contributed by atoms with Gasteiger partial charge in [0.1, 0.15) is 0 Å². The molecule has 0 saturated carbocycles. The first-order valence-corrected chi connectivity index (χ1v) is 9.54. The fourth-order valence-electron chi connectivity index (χ4n) is 3.29. The van der Waals surface area contributed by atoms with Crippen molar-refractivity contribution in [2.24, 2.45) is 0 Å². The molecule has 0 aromatic heterocycles. The normalized spacial score (nSPS) is 17.2. The Morgan fingerprint density at radius 1 is 1.00 bits per heavy atom. The van der Waals surface area contributed by atoms with Gasteiger partial charge in [-0.3, -0.25) is 9.59 Å². The molecular weight excluding hydrogens is 364 g/mol. The van der Waals surface area contributed by atoms with E-state index in [9.17, 15) is 14.4 Å². The van der Waals surface area contributed by atoms with E-state index < -0.39 is 17.9 Å². The number of ether oxygens (including phenoxy) is 2. The number of piperazine rings is 1. The fourth-order valence-corrected chi connectivity index (χ4v) is 3.29. The monoisotopic (exact) mass is 390 g/mol. The Bertz CT molecular complexity index is 712. The number of amides is 3. The maximum atomic E-state index is 12.5. The Morgan fingerprint density at radius 3 is 2.32 bits per heavy atom. The summed E-state index contributed by atoms with van der Waals surface area (Å²) >= 11 is 0. The van der Waals surface area contributed by atoms with Gasteiger partial charge >= 0.3 is 17.9 Å². The second kappa shape index (κ2) is 9.41. The molecule has 0 unspecified atom stereocenters. The van der Waals surface area contributed by atoms with Gasteiger partial charge in [0.2, 0.25) is 0 Å². The van der Waals surface area contributed by atoms with Crippen molar-refractivity contribution >= 4 is 29.3 Å². The maximum Gasteiger partial charge on any atom is 0.409 e. The van der Waals surface area contributed by atoms with Gasteiger partial charge in [-0.15, -0.1) is 0 Å². The summed E-state index contributed by atoms with van der Waals surface area (Å²) in [5.41, 5.74) is 1.48. The van der Waals surface area contributed by atoms with E-state index in [4.69, 9.17) is 9.47 Å². The highest BCUT2D eigenvalue weighted by molar-refractivity contribution is 6.39. The molecule has 2 heterocycles. The van der Waals surface area contributed by atoms with Crippen LogP contribution in [0.4, 0.5) is 16.2 Å². The van der Waals surface area contributed by atoms with Crippen LogP contribution >= 0.6 is 0 Å². The molecule has 152 valence electrons. The molecule has 9 nitrogen and oxygen atoms in total.